The van der Waals surface area contributed by atoms with E-state index in [-0.39, 0.29) is 11.2 Å². The second-order valence-electron chi connectivity index (χ2n) is 16.7. The molecule has 0 bridgehead atoms. The van der Waals surface area contributed by atoms with Crippen molar-refractivity contribution in [2.75, 3.05) is 65.3 Å². The van der Waals surface area contributed by atoms with Gasteiger partial charge in [0, 0.05) is 86.4 Å². The molecular formula is C46H64N6O5. The summed E-state index contributed by atoms with van der Waals surface area (Å²) in [6.45, 7) is 15.9. The lowest BCUT2D eigenvalue weighted by atomic mass is 10.0. The molecule has 1 amide bonds. The van der Waals surface area contributed by atoms with Crippen LogP contribution in [0.25, 0.3) is 21.9 Å². The van der Waals surface area contributed by atoms with Crippen molar-refractivity contribution in [3.05, 3.63) is 62.2 Å². The molecule has 1 saturated carbocycles. The molecule has 57 heavy (non-hydrogen) atoms. The monoisotopic (exact) mass is 780 g/mol. The summed E-state index contributed by atoms with van der Waals surface area (Å²) in [5.41, 5.74) is 8.91. The minimum Gasteiger partial charge on any atom is -0.453 e. The van der Waals surface area contributed by atoms with Crippen LogP contribution in [0.15, 0.2) is 44.3 Å². The van der Waals surface area contributed by atoms with E-state index in [2.05, 4.69) is 90.8 Å². The van der Waals surface area contributed by atoms with Gasteiger partial charge < -0.3 is 33.3 Å². The van der Waals surface area contributed by atoms with Gasteiger partial charge in [-0.25, -0.2) is 9.59 Å². The number of amides is 1. The number of carbonyl (C=O) groups is 1. The first-order valence-corrected chi connectivity index (χ1v) is 21.8. The van der Waals surface area contributed by atoms with Gasteiger partial charge in [0.2, 0.25) is 0 Å². The van der Waals surface area contributed by atoms with E-state index in [0.29, 0.717) is 30.4 Å². The molecule has 11 nitrogen and oxygen atoms in total. The van der Waals surface area contributed by atoms with Crippen LogP contribution in [0, 0.1) is 0 Å². The molecule has 308 valence electrons. The number of aryl methyl sites for hydroxylation is 2. The first kappa shape index (κ1) is 40.5. The van der Waals surface area contributed by atoms with E-state index in [1.165, 1.54) is 61.5 Å². The average molecular weight is 781 g/mol. The minimum absolute atomic E-state index is 0.0886. The topological polar surface area (TPSA) is 103 Å². The third-order valence-electron chi connectivity index (χ3n) is 13.1. The van der Waals surface area contributed by atoms with Crippen molar-refractivity contribution < 1.29 is 13.9 Å². The lowest BCUT2D eigenvalue weighted by molar-refractivity contribution is 0.187. The Balaban J connectivity index is 0.000000179. The number of carbonyl (C=O) groups excluding carboxylic acids is 1. The molecule has 2 aromatic heterocycles. The van der Waals surface area contributed by atoms with Gasteiger partial charge in [-0.2, -0.15) is 0 Å². The van der Waals surface area contributed by atoms with E-state index in [9.17, 15) is 14.4 Å². The maximum atomic E-state index is 13.1. The molecule has 8 rings (SSSR count). The molecule has 4 aromatic rings. The smallest absolute Gasteiger partial charge is 0.411 e. The molecule has 4 aliphatic rings. The fourth-order valence-electron chi connectivity index (χ4n) is 10.2. The summed E-state index contributed by atoms with van der Waals surface area (Å²) in [6, 6.07) is 11.8. The van der Waals surface area contributed by atoms with E-state index in [0.717, 1.165) is 111 Å². The Kier molecular flexibility index (Phi) is 12.4. The molecule has 4 heterocycles. The van der Waals surface area contributed by atoms with Gasteiger partial charge >= 0.3 is 11.7 Å². The zero-order chi connectivity index (χ0) is 40.4. The molecule has 2 aliphatic carbocycles. The highest BCUT2D eigenvalue weighted by Gasteiger charge is 2.31. The molecule has 0 radical (unpaired) electrons. The molecule has 0 spiro atoms. The molecule has 1 fully saturated rings. The summed E-state index contributed by atoms with van der Waals surface area (Å²) in [7, 11) is 3.47. The number of aromatic nitrogens is 1. The van der Waals surface area contributed by atoms with Crippen LogP contribution in [0.4, 0.5) is 33.2 Å². The van der Waals surface area contributed by atoms with Crippen LogP contribution in [-0.2, 0) is 24.1 Å². The Bertz CT molecular complexity index is 2210. The summed E-state index contributed by atoms with van der Waals surface area (Å²) >= 11 is 0. The number of rotatable bonds is 8. The average Bonchev–Trinajstić information content (AvgIpc) is 3.88. The molecule has 2 unspecified atom stereocenters. The minimum atomic E-state index is -0.565. The van der Waals surface area contributed by atoms with E-state index < -0.39 is 6.09 Å². The largest absolute Gasteiger partial charge is 0.453 e. The van der Waals surface area contributed by atoms with Crippen molar-refractivity contribution in [2.24, 2.45) is 0 Å². The van der Waals surface area contributed by atoms with Gasteiger partial charge in [-0.3, -0.25) is 10.1 Å². The highest BCUT2D eigenvalue weighted by molar-refractivity contribution is 6.02. The van der Waals surface area contributed by atoms with E-state index >= 15 is 0 Å². The highest BCUT2D eigenvalue weighted by Crippen LogP contribution is 2.43. The zero-order valence-corrected chi connectivity index (χ0v) is 35.4. The van der Waals surface area contributed by atoms with Crippen molar-refractivity contribution >= 4 is 56.4 Å². The number of hydrogen-bond acceptors (Lipinski definition) is 9. The number of hydrogen-bond donors (Lipinski definition) is 1. The molecule has 2 aliphatic heterocycles. The predicted octanol–water partition coefficient (Wildman–Crippen LogP) is 9.07. The number of benzene rings is 2. The number of nitrogens with zero attached hydrogens (tertiary/aromatic N) is 5. The first-order chi connectivity index (χ1) is 27.6. The number of fused-ring (bicyclic) bond motifs is 6. The second kappa shape index (κ2) is 17.4. The Morgan fingerprint density at radius 1 is 0.807 bits per heavy atom. The molecule has 2 aromatic carbocycles. The first-order valence-electron chi connectivity index (χ1n) is 21.8. The van der Waals surface area contributed by atoms with E-state index in [1.807, 2.05) is 4.57 Å². The number of methoxy groups -OCH3 is 1. The predicted molar refractivity (Wildman–Crippen MR) is 235 cm³/mol. The van der Waals surface area contributed by atoms with Crippen LogP contribution in [0.2, 0.25) is 0 Å². The molecule has 0 saturated heterocycles. The zero-order valence-electron chi connectivity index (χ0n) is 35.4. The summed E-state index contributed by atoms with van der Waals surface area (Å²) in [4.78, 5) is 47.3. The Morgan fingerprint density at radius 2 is 1.49 bits per heavy atom. The SMILES string of the molecule is CCCCCn1c(=O)cc(NC(=O)OC)c2cc3c(cc21)N(C1CCCC1)CCCN3C.CCN1c2cc3oc(=O)c4c(c3cc2N(CC)C(C)CC1C)CCC4. The third kappa shape index (κ3) is 7.95. The fraction of sp³-hybridized carbons (Fsp3) is 0.587. The Hall–Kier alpha value is -4.67. The van der Waals surface area contributed by atoms with Crippen LogP contribution in [0.3, 0.4) is 0 Å². The molecule has 11 heteroatoms. The van der Waals surface area contributed by atoms with Crippen LogP contribution in [0.5, 0.6) is 0 Å². The number of anilines is 5. The van der Waals surface area contributed by atoms with Gasteiger partial charge in [-0.05, 0) is 103 Å². The van der Waals surface area contributed by atoms with Crippen LogP contribution < -0.4 is 36.1 Å². The van der Waals surface area contributed by atoms with Gasteiger partial charge in [0.05, 0.1) is 41.1 Å². The van der Waals surface area contributed by atoms with E-state index in [1.54, 1.807) is 0 Å². The third-order valence-corrected chi connectivity index (χ3v) is 13.1. The number of ether oxygens (including phenoxy) is 1. The lowest BCUT2D eigenvalue weighted by Crippen LogP contribution is -2.36. The van der Waals surface area contributed by atoms with Crippen LogP contribution in [-0.4, -0.2) is 69.1 Å². The number of pyridine rings is 1. The molecule has 2 atom stereocenters. The molecular weight excluding hydrogens is 717 g/mol. The Morgan fingerprint density at radius 3 is 2.18 bits per heavy atom. The normalized spacial score (nSPS) is 19.5. The van der Waals surface area contributed by atoms with Crippen molar-refractivity contribution in [1.29, 1.82) is 0 Å². The van der Waals surface area contributed by atoms with Gasteiger partial charge in [0.15, 0.2) is 0 Å². The van der Waals surface area contributed by atoms with Gasteiger partial charge in [0.25, 0.3) is 5.56 Å². The van der Waals surface area contributed by atoms with Gasteiger partial charge in [0.1, 0.15) is 5.58 Å². The Labute approximate surface area is 337 Å². The van der Waals surface area contributed by atoms with Crippen molar-refractivity contribution in [1.82, 2.24) is 4.57 Å². The lowest BCUT2D eigenvalue weighted by Gasteiger charge is -2.32. The summed E-state index contributed by atoms with van der Waals surface area (Å²) in [6.07, 6.45) is 12.8. The second-order valence-corrected chi connectivity index (χ2v) is 16.7. The maximum absolute atomic E-state index is 13.1. The highest BCUT2D eigenvalue weighted by atomic mass is 16.5. The van der Waals surface area contributed by atoms with Crippen LogP contribution in [0.1, 0.15) is 110 Å². The quantitative estimate of drug-likeness (QED) is 0.139. The van der Waals surface area contributed by atoms with Gasteiger partial charge in [-0.15, -0.1) is 0 Å². The maximum Gasteiger partial charge on any atom is 0.411 e. The standard InChI is InChI=1S/C25H36N4O3.C21H28N2O2/c1-4-5-8-13-29-21-17-23-22(15-19(21)20(16-24(29)30)26-25(31)32-3)27(2)12-9-14-28(23)18-10-6-7-11-18;1-5-22-13(3)10-14(4)23(6-2)19-12-20-17(11-18(19)22)15-8-7-9-16(15)21(24)25-20/h15-18H,4-14H2,1-3H3,(H,26,31);11-14H,5-10H2,1-4H3. The number of unbranched alkanes of at least 4 members (excludes halogenated alkanes) is 2. The van der Waals surface area contributed by atoms with Gasteiger partial charge in [-0.1, -0.05) is 32.6 Å². The molecule has 1 N–H and O–H groups in total. The van der Waals surface area contributed by atoms with Crippen molar-refractivity contribution in [3.8, 4) is 0 Å². The van der Waals surface area contributed by atoms with Crippen LogP contribution >= 0.6 is 0 Å². The van der Waals surface area contributed by atoms with E-state index in [4.69, 9.17) is 9.15 Å². The van der Waals surface area contributed by atoms with Crippen molar-refractivity contribution in [3.63, 3.8) is 0 Å². The van der Waals surface area contributed by atoms with Crippen molar-refractivity contribution in [2.45, 2.75) is 136 Å². The summed E-state index contributed by atoms with van der Waals surface area (Å²) in [5.74, 6) is 0. The number of nitrogens with one attached hydrogen (secondary N) is 1. The summed E-state index contributed by atoms with van der Waals surface area (Å²) in [5, 5.41) is 4.79. The summed E-state index contributed by atoms with van der Waals surface area (Å²) < 4.78 is 12.4. The fourth-order valence-corrected chi connectivity index (χ4v) is 10.2.